The fourth-order valence-electron chi connectivity index (χ4n) is 3.85. The van der Waals surface area contributed by atoms with Crippen molar-refractivity contribution < 1.29 is 13.2 Å². The van der Waals surface area contributed by atoms with Crippen molar-refractivity contribution in [3.05, 3.63) is 66.1 Å². The molecule has 0 spiro atoms. The Morgan fingerprint density at radius 3 is 2.52 bits per heavy atom. The molecule has 0 bridgehead atoms. The molecule has 1 aliphatic rings. The first-order valence-corrected chi connectivity index (χ1v) is 12.1. The van der Waals surface area contributed by atoms with Gasteiger partial charge in [0.1, 0.15) is 12.1 Å². The highest BCUT2D eigenvalue weighted by Gasteiger charge is 2.26. The number of nitrogens with zero attached hydrogens (tertiary/aromatic N) is 5. The molecule has 4 aromatic rings. The van der Waals surface area contributed by atoms with E-state index >= 15 is 0 Å². The molecule has 0 radical (unpaired) electrons. The van der Waals surface area contributed by atoms with E-state index < -0.39 is 10.0 Å². The largest absolute Gasteiger partial charge is 0.379 e. The Hall–Kier alpha value is -3.34. The van der Waals surface area contributed by atoms with Gasteiger partial charge < -0.3 is 10.1 Å². The van der Waals surface area contributed by atoms with Gasteiger partial charge in [0.25, 0.3) is 0 Å². The lowest BCUT2D eigenvalue weighted by Crippen LogP contribution is -2.40. The summed E-state index contributed by atoms with van der Waals surface area (Å²) in [4.78, 5) is 9.08. The molecule has 10 heteroatoms. The molecular weight excluding hydrogens is 440 g/mol. The number of morpholine rings is 1. The zero-order valence-corrected chi connectivity index (χ0v) is 19.2. The van der Waals surface area contributed by atoms with Gasteiger partial charge in [0.15, 0.2) is 5.65 Å². The third kappa shape index (κ3) is 4.08. The van der Waals surface area contributed by atoms with Gasteiger partial charge in [-0.3, -0.25) is 0 Å². The quantitative estimate of drug-likeness (QED) is 0.484. The molecule has 170 valence electrons. The Kier molecular flexibility index (Phi) is 5.57. The van der Waals surface area contributed by atoms with Gasteiger partial charge in [-0.15, -0.1) is 0 Å². The van der Waals surface area contributed by atoms with E-state index in [9.17, 15) is 8.42 Å². The lowest BCUT2D eigenvalue weighted by atomic mass is 10.1. The second-order valence-corrected chi connectivity index (χ2v) is 9.91. The van der Waals surface area contributed by atoms with E-state index in [0.29, 0.717) is 37.8 Å². The number of nitrogens with one attached hydrogen (secondary N) is 1. The summed E-state index contributed by atoms with van der Waals surface area (Å²) in [5, 5.41) is 8.58. The summed E-state index contributed by atoms with van der Waals surface area (Å²) >= 11 is 0. The van der Waals surface area contributed by atoms with Crippen LogP contribution in [0.3, 0.4) is 0 Å². The molecule has 0 atom stereocenters. The number of hydrogen-bond donors (Lipinski definition) is 1. The molecule has 2 aromatic heterocycles. The van der Waals surface area contributed by atoms with E-state index in [0.717, 1.165) is 27.9 Å². The molecular formula is C23H24N6O3S. The van der Waals surface area contributed by atoms with E-state index in [1.165, 1.54) is 10.6 Å². The predicted molar refractivity (Wildman–Crippen MR) is 125 cm³/mol. The lowest BCUT2D eigenvalue weighted by Gasteiger charge is -2.26. The maximum absolute atomic E-state index is 12.8. The first-order chi connectivity index (χ1) is 15.9. The first kappa shape index (κ1) is 21.5. The lowest BCUT2D eigenvalue weighted by molar-refractivity contribution is 0.0730. The monoisotopic (exact) mass is 464 g/mol. The number of aryl methyl sites for hydroxylation is 2. The van der Waals surface area contributed by atoms with Crippen molar-refractivity contribution in [3.8, 4) is 5.69 Å². The third-order valence-electron chi connectivity index (χ3n) is 5.68. The maximum Gasteiger partial charge on any atom is 0.243 e. The molecule has 1 fully saturated rings. The molecule has 0 amide bonds. The van der Waals surface area contributed by atoms with E-state index in [1.54, 1.807) is 30.5 Å². The number of sulfonamides is 1. The van der Waals surface area contributed by atoms with Gasteiger partial charge in [-0.05, 0) is 55.3 Å². The van der Waals surface area contributed by atoms with Crippen LogP contribution < -0.4 is 5.32 Å². The van der Waals surface area contributed by atoms with Crippen LogP contribution in [0.1, 0.15) is 11.1 Å². The average Bonchev–Trinajstić information content (AvgIpc) is 3.27. The van der Waals surface area contributed by atoms with E-state index in [2.05, 4.69) is 38.6 Å². The second kappa shape index (κ2) is 8.54. The second-order valence-electron chi connectivity index (χ2n) is 7.97. The van der Waals surface area contributed by atoms with Crippen LogP contribution in [0, 0.1) is 13.8 Å². The summed E-state index contributed by atoms with van der Waals surface area (Å²) in [5.74, 6) is 0.598. The molecule has 5 rings (SSSR count). The number of fused-ring (bicyclic) bond motifs is 1. The molecule has 1 saturated heterocycles. The fourth-order valence-corrected chi connectivity index (χ4v) is 5.26. The topological polar surface area (TPSA) is 102 Å². The SMILES string of the molecule is Cc1ccc(C)c(-n2ncc3c(Nc4ccc(S(=O)(=O)N5CCOCC5)cc4)ncnc32)c1. The molecule has 33 heavy (non-hydrogen) atoms. The number of anilines is 2. The van der Waals surface area contributed by atoms with Gasteiger partial charge in [0, 0.05) is 18.8 Å². The van der Waals surface area contributed by atoms with Crippen LogP contribution in [0.4, 0.5) is 11.5 Å². The zero-order chi connectivity index (χ0) is 23.0. The number of benzene rings is 2. The smallest absolute Gasteiger partial charge is 0.243 e. The van der Waals surface area contributed by atoms with Crippen LogP contribution in [0.5, 0.6) is 0 Å². The van der Waals surface area contributed by atoms with Gasteiger partial charge in [-0.2, -0.15) is 9.40 Å². The highest BCUT2D eigenvalue weighted by atomic mass is 32.2. The van der Waals surface area contributed by atoms with E-state index in [-0.39, 0.29) is 4.90 Å². The van der Waals surface area contributed by atoms with Crippen LogP contribution >= 0.6 is 0 Å². The molecule has 0 aliphatic carbocycles. The third-order valence-corrected chi connectivity index (χ3v) is 7.60. The summed E-state index contributed by atoms with van der Waals surface area (Å²) in [7, 11) is -3.53. The minimum Gasteiger partial charge on any atom is -0.379 e. The van der Waals surface area contributed by atoms with Crippen LogP contribution in [-0.4, -0.2) is 58.8 Å². The Morgan fingerprint density at radius 2 is 1.76 bits per heavy atom. The Labute approximate surface area is 192 Å². The van der Waals surface area contributed by atoms with Crippen molar-refractivity contribution in [1.29, 1.82) is 0 Å². The minimum atomic E-state index is -3.53. The van der Waals surface area contributed by atoms with Gasteiger partial charge in [-0.1, -0.05) is 12.1 Å². The van der Waals surface area contributed by atoms with Crippen LogP contribution in [0.25, 0.3) is 16.7 Å². The highest BCUT2D eigenvalue weighted by molar-refractivity contribution is 7.89. The Balaban J connectivity index is 1.43. The Morgan fingerprint density at radius 1 is 1.00 bits per heavy atom. The van der Waals surface area contributed by atoms with Crippen molar-refractivity contribution >= 4 is 32.6 Å². The minimum absolute atomic E-state index is 0.255. The van der Waals surface area contributed by atoms with Gasteiger partial charge in [0.2, 0.25) is 10.0 Å². The van der Waals surface area contributed by atoms with Crippen molar-refractivity contribution in [3.63, 3.8) is 0 Å². The van der Waals surface area contributed by atoms with Gasteiger partial charge >= 0.3 is 0 Å². The molecule has 0 unspecified atom stereocenters. The summed E-state index contributed by atoms with van der Waals surface area (Å²) in [6.45, 7) is 5.64. The summed E-state index contributed by atoms with van der Waals surface area (Å²) in [6.07, 6.45) is 3.22. The number of aromatic nitrogens is 4. The van der Waals surface area contributed by atoms with Crippen LogP contribution in [0.2, 0.25) is 0 Å². The van der Waals surface area contributed by atoms with Crippen molar-refractivity contribution in [1.82, 2.24) is 24.1 Å². The van der Waals surface area contributed by atoms with Gasteiger partial charge in [-0.25, -0.2) is 23.1 Å². The van der Waals surface area contributed by atoms with Crippen LogP contribution in [-0.2, 0) is 14.8 Å². The summed E-state index contributed by atoms with van der Waals surface area (Å²) in [5.41, 5.74) is 4.60. The molecule has 9 nitrogen and oxygen atoms in total. The van der Waals surface area contributed by atoms with Crippen molar-refractivity contribution in [2.75, 3.05) is 31.6 Å². The summed E-state index contributed by atoms with van der Waals surface area (Å²) in [6, 6.07) is 12.9. The van der Waals surface area contributed by atoms with Crippen molar-refractivity contribution in [2.45, 2.75) is 18.7 Å². The Bertz CT molecular complexity index is 1410. The maximum atomic E-state index is 12.8. The van der Waals surface area contributed by atoms with Gasteiger partial charge in [0.05, 0.1) is 35.4 Å². The number of hydrogen-bond acceptors (Lipinski definition) is 7. The molecule has 1 N–H and O–H groups in total. The molecule has 1 aliphatic heterocycles. The number of ether oxygens (including phenoxy) is 1. The fraction of sp³-hybridized carbons (Fsp3) is 0.261. The number of rotatable bonds is 5. The first-order valence-electron chi connectivity index (χ1n) is 10.6. The average molecular weight is 465 g/mol. The summed E-state index contributed by atoms with van der Waals surface area (Å²) < 4.78 is 34.2. The standard InChI is InChI=1S/C23H24N6O3S/c1-16-3-4-17(2)21(13-16)29-23-20(14-26-29)22(24-15-25-23)27-18-5-7-19(8-6-18)33(30,31)28-9-11-32-12-10-28/h3-8,13-15H,9-12H2,1-2H3,(H,24,25,27). The molecule has 0 saturated carbocycles. The molecule has 2 aromatic carbocycles. The normalized spacial score (nSPS) is 15.1. The van der Waals surface area contributed by atoms with Crippen LogP contribution in [0.15, 0.2) is 59.9 Å². The molecule has 3 heterocycles. The van der Waals surface area contributed by atoms with E-state index in [4.69, 9.17) is 4.74 Å². The van der Waals surface area contributed by atoms with E-state index in [1.807, 2.05) is 18.5 Å². The van der Waals surface area contributed by atoms with Crippen molar-refractivity contribution in [2.24, 2.45) is 0 Å². The predicted octanol–water partition coefficient (Wildman–Crippen LogP) is 3.20. The zero-order valence-electron chi connectivity index (χ0n) is 18.4. The highest BCUT2D eigenvalue weighted by Crippen LogP contribution is 2.27.